The fraction of sp³-hybridized carbons (Fsp3) is 0.273. The van der Waals surface area contributed by atoms with Crippen LogP contribution in [0.15, 0.2) is 36.9 Å². The first kappa shape index (κ1) is 24.1. The molecular weight excluding hydrogens is 503 g/mol. The van der Waals surface area contributed by atoms with Gasteiger partial charge >= 0.3 is 13.2 Å². The van der Waals surface area contributed by atoms with E-state index in [2.05, 4.69) is 30.2 Å². The lowest BCUT2D eigenvalue weighted by molar-refractivity contribution is -0.117. The summed E-state index contributed by atoms with van der Waals surface area (Å²) in [6, 6.07) is 3.88. The first-order chi connectivity index (χ1) is 17.6. The summed E-state index contributed by atoms with van der Waals surface area (Å²) in [4.78, 5) is 21.2. The first-order valence-corrected chi connectivity index (χ1v) is 10.6. The zero-order valence-electron chi connectivity index (χ0n) is 18.7. The molecule has 4 aromatic heterocycles. The van der Waals surface area contributed by atoms with Crippen molar-refractivity contribution in [1.29, 1.82) is 5.26 Å². The van der Waals surface area contributed by atoms with Crippen LogP contribution in [-0.4, -0.2) is 41.9 Å². The van der Waals surface area contributed by atoms with Gasteiger partial charge in [0.05, 0.1) is 29.7 Å². The predicted molar refractivity (Wildman–Crippen MR) is 114 cm³/mol. The zero-order valence-corrected chi connectivity index (χ0v) is 18.7. The highest BCUT2D eigenvalue weighted by atomic mass is 19.3. The minimum Gasteiger partial charge on any atom is -0.415 e. The number of aromatic nitrogens is 6. The number of halogens is 5. The summed E-state index contributed by atoms with van der Waals surface area (Å²) < 4.78 is 71.4. The lowest BCUT2D eigenvalue weighted by atomic mass is 9.80. The van der Waals surface area contributed by atoms with E-state index < -0.39 is 42.2 Å². The molecule has 0 spiro atoms. The van der Waals surface area contributed by atoms with Gasteiger partial charge in [0.2, 0.25) is 17.7 Å². The second-order valence-corrected chi connectivity index (χ2v) is 8.43. The number of alkyl halides is 4. The number of anilines is 1. The number of amides is 1. The molecule has 1 aliphatic carbocycles. The molecule has 0 unspecified atom stereocenters. The Morgan fingerprint density at radius 1 is 1.24 bits per heavy atom. The predicted octanol–water partition coefficient (Wildman–Crippen LogP) is 3.76. The summed E-state index contributed by atoms with van der Waals surface area (Å²) >= 11 is 0. The summed E-state index contributed by atoms with van der Waals surface area (Å²) in [5.41, 5.74) is -0.169. The van der Waals surface area contributed by atoms with E-state index in [9.17, 15) is 32.0 Å². The molecule has 4 aromatic rings. The summed E-state index contributed by atoms with van der Waals surface area (Å²) in [6.07, 6.45) is 4.87. The van der Waals surface area contributed by atoms with Crippen molar-refractivity contribution in [2.45, 2.75) is 37.8 Å². The molecule has 37 heavy (non-hydrogen) atoms. The number of fused-ring (bicyclic) bond motifs is 3. The van der Waals surface area contributed by atoms with E-state index in [0.29, 0.717) is 21.5 Å². The molecule has 0 saturated heterocycles. The van der Waals surface area contributed by atoms with Crippen molar-refractivity contribution in [2.24, 2.45) is 0 Å². The van der Waals surface area contributed by atoms with Gasteiger partial charge < -0.3 is 10.1 Å². The van der Waals surface area contributed by atoms with E-state index in [4.69, 9.17) is 0 Å². The molecule has 2 atom stereocenters. The Balaban J connectivity index is 1.54. The van der Waals surface area contributed by atoms with Crippen LogP contribution in [0.25, 0.3) is 5.65 Å². The van der Waals surface area contributed by atoms with Crippen LogP contribution >= 0.6 is 0 Å². The molecular formula is C22H15F5N8O2. The van der Waals surface area contributed by atoms with Crippen LogP contribution in [0.2, 0.25) is 0 Å². The van der Waals surface area contributed by atoms with Crippen LogP contribution in [0.1, 0.15) is 48.2 Å². The molecule has 190 valence electrons. The van der Waals surface area contributed by atoms with E-state index in [1.54, 1.807) is 13.0 Å². The Labute approximate surface area is 204 Å². The van der Waals surface area contributed by atoms with Gasteiger partial charge in [-0.15, -0.1) is 5.10 Å². The van der Waals surface area contributed by atoms with Crippen LogP contribution in [0.5, 0.6) is 5.88 Å². The molecule has 0 aliphatic heterocycles. The Kier molecular flexibility index (Phi) is 5.73. The van der Waals surface area contributed by atoms with Crippen molar-refractivity contribution in [3.05, 3.63) is 65.3 Å². The maximum Gasteiger partial charge on any atom is 0.388 e. The van der Waals surface area contributed by atoms with Crippen molar-refractivity contribution in [3.8, 4) is 11.9 Å². The maximum absolute atomic E-state index is 14.0. The Bertz CT molecular complexity index is 1560. The van der Waals surface area contributed by atoms with Crippen LogP contribution < -0.4 is 10.1 Å². The molecule has 0 bridgehead atoms. The fourth-order valence-electron chi connectivity index (χ4n) is 4.57. The lowest BCUT2D eigenvalue weighted by Gasteiger charge is -2.24. The number of nitrogens with zero attached hydrogens (tertiary/aromatic N) is 7. The molecule has 1 aliphatic rings. The quantitative estimate of drug-likeness (QED) is 0.386. The number of nitriles is 1. The molecule has 10 nitrogen and oxygen atoms in total. The minimum atomic E-state index is -3.20. The average Bonchev–Trinajstić information content (AvgIpc) is 3.55. The normalized spacial score (nSPS) is 18.8. The Morgan fingerprint density at radius 2 is 2.03 bits per heavy atom. The lowest BCUT2D eigenvalue weighted by Crippen LogP contribution is -2.25. The zero-order chi connectivity index (χ0) is 26.5. The highest BCUT2D eigenvalue weighted by Crippen LogP contribution is 2.50. The molecule has 0 aromatic carbocycles. The van der Waals surface area contributed by atoms with Crippen LogP contribution in [-0.2, 0) is 10.2 Å². The van der Waals surface area contributed by atoms with E-state index in [0.717, 1.165) is 24.5 Å². The molecule has 0 saturated carbocycles. The number of hydrogen-bond donors (Lipinski definition) is 1. The largest absolute Gasteiger partial charge is 0.415 e. The Morgan fingerprint density at radius 3 is 2.70 bits per heavy atom. The SMILES string of the molecule is C[C@]1(c2cnn(C(F)F)c2)C[C@H](C(=O)Nc2cnc(OC(F)F)c(C#N)c2)c2cnc3cc(F)nn3c21. The van der Waals surface area contributed by atoms with Crippen LogP contribution in [0.3, 0.4) is 0 Å². The topological polar surface area (TPSA) is 123 Å². The van der Waals surface area contributed by atoms with Gasteiger partial charge in [-0.25, -0.2) is 19.2 Å². The van der Waals surface area contributed by atoms with Crippen LogP contribution in [0.4, 0.5) is 27.6 Å². The minimum absolute atomic E-state index is 0.0306. The van der Waals surface area contributed by atoms with Gasteiger partial charge in [0.1, 0.15) is 11.6 Å². The Hall–Kier alpha value is -4.61. The summed E-state index contributed by atoms with van der Waals surface area (Å²) in [7, 11) is 0. The van der Waals surface area contributed by atoms with E-state index in [-0.39, 0.29) is 23.3 Å². The smallest absolute Gasteiger partial charge is 0.388 e. The highest BCUT2D eigenvalue weighted by Gasteiger charge is 2.48. The molecule has 15 heteroatoms. The molecule has 0 fully saturated rings. The third kappa shape index (κ3) is 4.09. The fourth-order valence-corrected chi connectivity index (χ4v) is 4.57. The van der Waals surface area contributed by atoms with Crippen molar-refractivity contribution in [2.75, 3.05) is 5.32 Å². The summed E-state index contributed by atoms with van der Waals surface area (Å²) in [5, 5.41) is 19.3. The summed E-state index contributed by atoms with van der Waals surface area (Å²) in [6.45, 7) is -4.40. The highest BCUT2D eigenvalue weighted by molar-refractivity contribution is 5.97. The van der Waals surface area contributed by atoms with Gasteiger partial charge in [0.25, 0.3) is 0 Å². The van der Waals surface area contributed by atoms with Gasteiger partial charge in [0.15, 0.2) is 5.65 Å². The van der Waals surface area contributed by atoms with Gasteiger partial charge in [-0.05, 0) is 19.4 Å². The molecule has 1 N–H and O–H groups in total. The third-order valence-corrected chi connectivity index (χ3v) is 6.19. The second-order valence-electron chi connectivity index (χ2n) is 8.43. The van der Waals surface area contributed by atoms with Gasteiger partial charge in [-0.3, -0.25) is 4.79 Å². The van der Waals surface area contributed by atoms with Gasteiger partial charge in [-0.2, -0.15) is 32.3 Å². The summed E-state index contributed by atoms with van der Waals surface area (Å²) in [5.74, 6) is -2.92. The number of nitrogens with one attached hydrogen (secondary N) is 1. The monoisotopic (exact) mass is 518 g/mol. The second kappa shape index (κ2) is 8.80. The van der Waals surface area contributed by atoms with Crippen molar-refractivity contribution < 1.29 is 31.5 Å². The van der Waals surface area contributed by atoms with Gasteiger partial charge in [0, 0.05) is 35.0 Å². The molecule has 1 amide bonds. The number of ether oxygens (including phenoxy) is 1. The third-order valence-electron chi connectivity index (χ3n) is 6.19. The molecule has 4 heterocycles. The van der Waals surface area contributed by atoms with Crippen LogP contribution in [0, 0.1) is 17.3 Å². The van der Waals surface area contributed by atoms with E-state index in [1.807, 2.05) is 0 Å². The standard InChI is InChI=1S/C22H15F5N8O2/c1-22(11-6-31-34(9-11)20(24)25)4-13(14-8-29-16-3-15(23)33-35(16)17(14)22)18(36)32-12-2-10(5-28)19(30-7-12)37-21(26)27/h2-3,6-9,13,20-21H,4H2,1H3,(H,32,36)/t13-,22+/m0/s1. The molecule has 0 radical (unpaired) electrons. The van der Waals surface area contributed by atoms with Crippen molar-refractivity contribution >= 4 is 17.2 Å². The van der Waals surface area contributed by atoms with Crippen molar-refractivity contribution in [1.82, 2.24) is 29.4 Å². The number of hydrogen-bond acceptors (Lipinski definition) is 7. The number of carbonyl (C=O) groups excluding carboxylic acids is 1. The number of rotatable bonds is 6. The average molecular weight is 518 g/mol. The number of pyridine rings is 1. The first-order valence-electron chi connectivity index (χ1n) is 10.6. The number of carbonyl (C=O) groups is 1. The molecule has 5 rings (SSSR count). The van der Waals surface area contributed by atoms with Gasteiger partial charge in [-0.1, -0.05) is 0 Å². The van der Waals surface area contributed by atoms with E-state index >= 15 is 0 Å². The van der Waals surface area contributed by atoms with E-state index in [1.165, 1.54) is 16.9 Å². The maximum atomic E-state index is 14.0. The van der Waals surface area contributed by atoms with Crippen molar-refractivity contribution in [3.63, 3.8) is 0 Å².